The van der Waals surface area contributed by atoms with Gasteiger partial charge < -0.3 is 5.32 Å². The van der Waals surface area contributed by atoms with Crippen LogP contribution in [0.4, 0.5) is 13.2 Å². The molecule has 0 unspecified atom stereocenters. The predicted octanol–water partition coefficient (Wildman–Crippen LogP) is 5.25. The summed E-state index contributed by atoms with van der Waals surface area (Å²) in [5, 5.41) is 11.3. The number of rotatable bonds is 6. The molecule has 33 heavy (non-hydrogen) atoms. The van der Waals surface area contributed by atoms with Crippen LogP contribution in [0.3, 0.4) is 0 Å². The summed E-state index contributed by atoms with van der Waals surface area (Å²) in [6.45, 7) is 0.273. The Balaban J connectivity index is 1.63. The number of halogens is 3. The first-order valence-electron chi connectivity index (χ1n) is 10.2. The zero-order chi connectivity index (χ0) is 23.4. The summed E-state index contributed by atoms with van der Waals surface area (Å²) < 4.78 is 40.9. The molecule has 4 rings (SSSR count). The molecule has 2 heterocycles. The van der Waals surface area contributed by atoms with E-state index >= 15 is 0 Å². The highest BCUT2D eigenvalue weighted by Gasteiger charge is 2.30. The average molecular weight is 448 g/mol. The van der Waals surface area contributed by atoms with Crippen molar-refractivity contribution in [2.45, 2.75) is 19.0 Å². The van der Waals surface area contributed by atoms with Gasteiger partial charge in [0.25, 0.3) is 5.91 Å². The highest BCUT2D eigenvalue weighted by molar-refractivity contribution is 5.95. The smallest absolute Gasteiger partial charge is 0.351 e. The molecule has 0 spiro atoms. The quantitative estimate of drug-likeness (QED) is 0.410. The molecule has 8 heteroatoms. The fraction of sp³-hybridized carbons (Fsp3) is 0.160. The van der Waals surface area contributed by atoms with Gasteiger partial charge in [-0.15, -0.1) is 0 Å². The number of amides is 1. The van der Waals surface area contributed by atoms with Crippen molar-refractivity contribution in [1.82, 2.24) is 14.7 Å². The number of hydrogen-bond donors (Lipinski definition) is 1. The lowest BCUT2D eigenvalue weighted by Crippen LogP contribution is -2.24. The van der Waals surface area contributed by atoms with Crippen LogP contribution in [-0.4, -0.2) is 21.8 Å². The number of aromatic nitrogens is 2. The lowest BCUT2D eigenvalue weighted by atomic mass is 10.1. The molecule has 166 valence electrons. The first kappa shape index (κ1) is 22.1. The molecular formula is C25H19F3N4O. The Morgan fingerprint density at radius 3 is 2.64 bits per heavy atom. The van der Waals surface area contributed by atoms with E-state index in [-0.39, 0.29) is 25.3 Å². The Labute approximate surface area is 188 Å². The van der Waals surface area contributed by atoms with Gasteiger partial charge in [-0.25, -0.2) is 4.98 Å². The van der Waals surface area contributed by atoms with E-state index in [1.165, 1.54) is 6.07 Å². The summed E-state index contributed by atoms with van der Waals surface area (Å²) in [6, 6.07) is 19.8. The lowest BCUT2D eigenvalue weighted by molar-refractivity contribution is -0.137. The molecule has 0 bridgehead atoms. The van der Waals surface area contributed by atoms with Gasteiger partial charge in [-0.05, 0) is 41.5 Å². The summed E-state index contributed by atoms with van der Waals surface area (Å²) in [6.07, 6.45) is -2.11. The van der Waals surface area contributed by atoms with Crippen molar-refractivity contribution in [3.05, 3.63) is 95.3 Å². The van der Waals surface area contributed by atoms with E-state index in [1.54, 1.807) is 30.5 Å². The molecule has 0 saturated heterocycles. The molecule has 2 aromatic heterocycles. The van der Waals surface area contributed by atoms with Crippen molar-refractivity contribution < 1.29 is 18.0 Å². The molecule has 0 radical (unpaired) electrons. The van der Waals surface area contributed by atoms with Crippen LogP contribution in [0.15, 0.2) is 72.9 Å². The van der Waals surface area contributed by atoms with Gasteiger partial charge in [0.15, 0.2) is 0 Å². The fourth-order valence-electron chi connectivity index (χ4n) is 3.60. The lowest BCUT2D eigenvalue weighted by Gasteiger charge is -2.08. The third kappa shape index (κ3) is 5.04. The fourth-order valence-corrected chi connectivity index (χ4v) is 3.60. The van der Waals surface area contributed by atoms with Crippen LogP contribution in [0.25, 0.3) is 16.9 Å². The molecular weight excluding hydrogens is 429 g/mol. The molecule has 2 aromatic carbocycles. The number of fused-ring (bicyclic) bond motifs is 1. The minimum absolute atomic E-state index is 0.231. The topological polar surface area (TPSA) is 70.2 Å². The van der Waals surface area contributed by atoms with Crippen molar-refractivity contribution in [2.75, 3.05) is 6.54 Å². The van der Waals surface area contributed by atoms with E-state index in [1.807, 2.05) is 34.7 Å². The largest absolute Gasteiger partial charge is 0.416 e. The monoisotopic (exact) mass is 448 g/mol. The van der Waals surface area contributed by atoms with Crippen LogP contribution >= 0.6 is 0 Å². The second kappa shape index (κ2) is 9.17. The van der Waals surface area contributed by atoms with Crippen molar-refractivity contribution in [3.8, 4) is 17.3 Å². The number of carbonyl (C=O) groups is 1. The van der Waals surface area contributed by atoms with Crippen LogP contribution in [0.5, 0.6) is 0 Å². The van der Waals surface area contributed by atoms with Gasteiger partial charge >= 0.3 is 6.18 Å². The normalized spacial score (nSPS) is 11.3. The maximum Gasteiger partial charge on any atom is 0.416 e. The standard InChI is InChI=1S/C25H19F3N4O/c26-25(27,28)20-8-1-5-17(13-20)14-21-16-32-22(9-3-10-23(32)31-21)18-6-2-7-19(15-18)24(33)30-12-4-11-29/h1-3,5-10,13,15-16H,4,12,14H2,(H,30,33). The molecule has 1 amide bonds. The number of hydrogen-bond acceptors (Lipinski definition) is 3. The number of nitrogens with one attached hydrogen (secondary N) is 1. The minimum atomic E-state index is -4.39. The van der Waals surface area contributed by atoms with Gasteiger partial charge in [-0.2, -0.15) is 18.4 Å². The molecule has 0 aliphatic carbocycles. The molecule has 0 aliphatic heterocycles. The maximum absolute atomic E-state index is 13.0. The SMILES string of the molecule is N#CCCNC(=O)c1cccc(-c2cccc3nc(Cc4cccc(C(F)(F)F)c4)cn23)c1. The van der Waals surface area contributed by atoms with E-state index in [9.17, 15) is 18.0 Å². The third-order valence-corrected chi connectivity index (χ3v) is 5.12. The summed E-state index contributed by atoms with van der Waals surface area (Å²) >= 11 is 0. The number of imidazole rings is 1. The minimum Gasteiger partial charge on any atom is -0.351 e. The summed E-state index contributed by atoms with van der Waals surface area (Å²) in [7, 11) is 0. The molecule has 4 aromatic rings. The van der Waals surface area contributed by atoms with Gasteiger partial charge in [-0.1, -0.05) is 36.4 Å². The Bertz CT molecular complexity index is 1350. The average Bonchev–Trinajstić information content (AvgIpc) is 3.21. The number of nitrogens with zero attached hydrogens (tertiary/aromatic N) is 3. The Hall–Kier alpha value is -4.12. The summed E-state index contributed by atoms with van der Waals surface area (Å²) in [4.78, 5) is 16.9. The second-order valence-corrected chi connectivity index (χ2v) is 7.49. The third-order valence-electron chi connectivity index (χ3n) is 5.12. The van der Waals surface area contributed by atoms with Crippen molar-refractivity contribution >= 4 is 11.6 Å². The van der Waals surface area contributed by atoms with E-state index in [0.717, 1.165) is 23.4 Å². The second-order valence-electron chi connectivity index (χ2n) is 7.49. The van der Waals surface area contributed by atoms with Gasteiger partial charge in [-0.3, -0.25) is 9.20 Å². The summed E-state index contributed by atoms with van der Waals surface area (Å²) in [5.41, 5.74) is 3.16. The van der Waals surface area contributed by atoms with Gasteiger partial charge in [0, 0.05) is 24.7 Å². The zero-order valence-electron chi connectivity index (χ0n) is 17.4. The first-order valence-corrected chi connectivity index (χ1v) is 10.2. The van der Waals surface area contributed by atoms with E-state index in [0.29, 0.717) is 22.5 Å². The number of nitriles is 1. The Morgan fingerprint density at radius 2 is 1.85 bits per heavy atom. The zero-order valence-corrected chi connectivity index (χ0v) is 17.4. The van der Waals surface area contributed by atoms with E-state index in [2.05, 4.69) is 10.3 Å². The maximum atomic E-state index is 13.0. The van der Waals surface area contributed by atoms with E-state index < -0.39 is 11.7 Å². The van der Waals surface area contributed by atoms with Crippen molar-refractivity contribution in [3.63, 3.8) is 0 Å². The first-order chi connectivity index (χ1) is 15.8. The van der Waals surface area contributed by atoms with Crippen LogP contribution in [0.1, 0.15) is 33.6 Å². The predicted molar refractivity (Wildman–Crippen MR) is 117 cm³/mol. The Morgan fingerprint density at radius 1 is 1.06 bits per heavy atom. The van der Waals surface area contributed by atoms with E-state index in [4.69, 9.17) is 5.26 Å². The van der Waals surface area contributed by atoms with Crippen LogP contribution < -0.4 is 5.32 Å². The highest BCUT2D eigenvalue weighted by Crippen LogP contribution is 2.30. The molecule has 0 aliphatic rings. The van der Waals surface area contributed by atoms with Gasteiger partial charge in [0.05, 0.1) is 29.4 Å². The van der Waals surface area contributed by atoms with Gasteiger partial charge in [0.2, 0.25) is 0 Å². The number of benzene rings is 2. The molecule has 0 fully saturated rings. The highest BCUT2D eigenvalue weighted by atomic mass is 19.4. The number of carbonyl (C=O) groups excluding carboxylic acids is 1. The van der Waals surface area contributed by atoms with Crippen molar-refractivity contribution in [1.29, 1.82) is 5.26 Å². The van der Waals surface area contributed by atoms with Crippen LogP contribution in [0.2, 0.25) is 0 Å². The van der Waals surface area contributed by atoms with Crippen LogP contribution in [0, 0.1) is 11.3 Å². The molecule has 0 atom stereocenters. The van der Waals surface area contributed by atoms with Gasteiger partial charge in [0.1, 0.15) is 5.65 Å². The van der Waals surface area contributed by atoms with Crippen LogP contribution in [-0.2, 0) is 12.6 Å². The molecule has 0 saturated carbocycles. The number of alkyl halides is 3. The molecule has 5 nitrogen and oxygen atoms in total. The number of pyridine rings is 1. The Kier molecular flexibility index (Phi) is 6.13. The van der Waals surface area contributed by atoms with Crippen molar-refractivity contribution in [2.24, 2.45) is 0 Å². The summed E-state index contributed by atoms with van der Waals surface area (Å²) in [5.74, 6) is -0.268. The molecule has 1 N–H and O–H groups in total.